The lowest BCUT2D eigenvalue weighted by atomic mass is 10.1. The number of nitrogens with zero attached hydrogens (tertiary/aromatic N) is 2. The molecule has 1 saturated heterocycles. The largest absolute Gasteiger partial charge is 0.379 e. The Morgan fingerprint density at radius 1 is 1.47 bits per heavy atom. The Morgan fingerprint density at radius 2 is 2.29 bits per heavy atom. The smallest absolute Gasteiger partial charge is 0.134 e. The molecule has 1 aliphatic rings. The van der Waals surface area contributed by atoms with Gasteiger partial charge in [0, 0.05) is 18.6 Å². The van der Waals surface area contributed by atoms with Crippen molar-refractivity contribution in [1.29, 1.82) is 0 Å². The molecule has 5 heteroatoms. The summed E-state index contributed by atoms with van der Waals surface area (Å²) < 4.78 is 6.27. The Morgan fingerprint density at radius 3 is 2.94 bits per heavy atom. The first kappa shape index (κ1) is 12.8. The number of rotatable bonds is 3. The van der Waals surface area contributed by atoms with Gasteiger partial charge < -0.3 is 10.1 Å². The molecular weight excluding hydrogens is 282 g/mol. The van der Waals surface area contributed by atoms with Crippen molar-refractivity contribution in [3.05, 3.63) is 16.5 Å². The minimum Gasteiger partial charge on any atom is -0.379 e. The van der Waals surface area contributed by atoms with E-state index in [-0.39, 0.29) is 0 Å². The summed E-state index contributed by atoms with van der Waals surface area (Å²) in [6, 6.07) is 2.28. The first-order valence-corrected chi connectivity index (χ1v) is 6.83. The Hall–Kier alpha value is -0.680. The highest BCUT2D eigenvalue weighted by molar-refractivity contribution is 9.10. The van der Waals surface area contributed by atoms with Crippen LogP contribution in [0.1, 0.15) is 38.4 Å². The molecule has 17 heavy (non-hydrogen) atoms. The third kappa shape index (κ3) is 3.64. The van der Waals surface area contributed by atoms with Crippen molar-refractivity contribution in [3.8, 4) is 0 Å². The summed E-state index contributed by atoms with van der Waals surface area (Å²) in [6.45, 7) is 5.83. The molecule has 0 spiro atoms. The zero-order chi connectivity index (χ0) is 12.3. The quantitative estimate of drug-likeness (QED) is 0.872. The van der Waals surface area contributed by atoms with Gasteiger partial charge in [0.25, 0.3) is 0 Å². The van der Waals surface area contributed by atoms with Crippen molar-refractivity contribution in [2.45, 2.75) is 38.6 Å². The van der Waals surface area contributed by atoms with Crippen molar-refractivity contribution >= 4 is 21.7 Å². The summed E-state index contributed by atoms with van der Waals surface area (Å²) in [5.41, 5.74) is 0. The lowest BCUT2D eigenvalue weighted by molar-refractivity contribution is 0.0875. The second-order valence-corrected chi connectivity index (χ2v) is 5.46. The molecule has 1 aliphatic heterocycles. The predicted molar refractivity (Wildman–Crippen MR) is 71.3 cm³/mol. The van der Waals surface area contributed by atoms with Crippen LogP contribution in [0.5, 0.6) is 0 Å². The Bertz CT molecular complexity index is 378. The van der Waals surface area contributed by atoms with Gasteiger partial charge in [-0.2, -0.15) is 0 Å². The number of hydrogen-bond donors (Lipinski definition) is 1. The molecule has 1 fully saturated rings. The molecule has 0 radical (unpaired) electrons. The third-order valence-electron chi connectivity index (χ3n) is 2.74. The van der Waals surface area contributed by atoms with Crippen LogP contribution in [0.2, 0.25) is 0 Å². The first-order chi connectivity index (χ1) is 8.15. The fraction of sp³-hybridized carbons (Fsp3) is 0.667. The Labute approximate surface area is 110 Å². The van der Waals surface area contributed by atoms with Crippen LogP contribution in [-0.2, 0) is 4.74 Å². The maximum atomic E-state index is 5.44. The topological polar surface area (TPSA) is 47.0 Å². The fourth-order valence-corrected chi connectivity index (χ4v) is 2.23. The summed E-state index contributed by atoms with van der Waals surface area (Å²) >= 11 is 3.42. The molecule has 0 bridgehead atoms. The third-order valence-corrected chi connectivity index (χ3v) is 3.15. The molecule has 2 heterocycles. The number of aromatic nitrogens is 2. The van der Waals surface area contributed by atoms with Crippen LogP contribution in [-0.4, -0.2) is 29.2 Å². The van der Waals surface area contributed by atoms with Gasteiger partial charge in [0.2, 0.25) is 0 Å². The van der Waals surface area contributed by atoms with Gasteiger partial charge in [-0.15, -0.1) is 0 Å². The molecule has 1 N–H and O–H groups in total. The lowest BCUT2D eigenvalue weighted by Crippen LogP contribution is -2.30. The number of nitrogens with one attached hydrogen (secondary N) is 1. The number of halogens is 1. The molecule has 0 aromatic carbocycles. The number of ether oxygens (including phenoxy) is 1. The van der Waals surface area contributed by atoms with Crippen LogP contribution < -0.4 is 5.32 Å². The summed E-state index contributed by atoms with van der Waals surface area (Å²) in [4.78, 5) is 8.88. The zero-order valence-electron chi connectivity index (χ0n) is 10.2. The van der Waals surface area contributed by atoms with E-state index in [2.05, 4.69) is 45.1 Å². The average molecular weight is 300 g/mol. The second kappa shape index (κ2) is 5.78. The van der Waals surface area contributed by atoms with Crippen LogP contribution in [0.3, 0.4) is 0 Å². The van der Waals surface area contributed by atoms with E-state index in [1.165, 1.54) is 0 Å². The van der Waals surface area contributed by atoms with Gasteiger partial charge in [-0.3, -0.25) is 0 Å². The average Bonchev–Trinajstić information content (AvgIpc) is 2.29. The van der Waals surface area contributed by atoms with E-state index in [0.29, 0.717) is 12.0 Å². The lowest BCUT2D eigenvalue weighted by Gasteiger charge is -2.23. The van der Waals surface area contributed by atoms with Gasteiger partial charge in [0.05, 0.1) is 12.6 Å². The van der Waals surface area contributed by atoms with Crippen molar-refractivity contribution in [2.75, 3.05) is 18.5 Å². The molecule has 0 amide bonds. The molecule has 1 unspecified atom stereocenters. The molecule has 1 aromatic heterocycles. The van der Waals surface area contributed by atoms with Crippen molar-refractivity contribution < 1.29 is 4.74 Å². The first-order valence-electron chi connectivity index (χ1n) is 6.04. The minimum atomic E-state index is 0.329. The van der Waals surface area contributed by atoms with Gasteiger partial charge in [-0.05, 0) is 28.8 Å². The Balaban J connectivity index is 2.09. The van der Waals surface area contributed by atoms with Crippen LogP contribution in [0.4, 0.5) is 5.82 Å². The van der Waals surface area contributed by atoms with Crippen molar-refractivity contribution in [3.63, 3.8) is 0 Å². The molecule has 94 valence electrons. The van der Waals surface area contributed by atoms with Crippen LogP contribution in [0, 0.1) is 0 Å². The zero-order valence-corrected chi connectivity index (χ0v) is 11.8. The van der Waals surface area contributed by atoms with Gasteiger partial charge in [-0.1, -0.05) is 13.8 Å². The standard InChI is InChI=1S/C12H18BrN3O/c1-8(2)12-15-10(13)6-11(16-12)14-9-4-3-5-17-7-9/h6,8-9H,3-5,7H2,1-2H3,(H,14,15,16). The summed E-state index contributed by atoms with van der Waals surface area (Å²) in [7, 11) is 0. The van der Waals surface area contributed by atoms with Crippen LogP contribution in [0.25, 0.3) is 0 Å². The molecule has 4 nitrogen and oxygen atoms in total. The monoisotopic (exact) mass is 299 g/mol. The Kier molecular flexibility index (Phi) is 4.34. The highest BCUT2D eigenvalue weighted by Crippen LogP contribution is 2.19. The van der Waals surface area contributed by atoms with E-state index in [0.717, 1.165) is 42.3 Å². The molecule has 2 rings (SSSR count). The second-order valence-electron chi connectivity index (χ2n) is 4.65. The molecule has 0 aliphatic carbocycles. The van der Waals surface area contributed by atoms with E-state index < -0.39 is 0 Å². The molecule has 1 aromatic rings. The van der Waals surface area contributed by atoms with E-state index in [9.17, 15) is 0 Å². The molecular formula is C12H18BrN3O. The van der Waals surface area contributed by atoms with Gasteiger partial charge in [-0.25, -0.2) is 9.97 Å². The van der Waals surface area contributed by atoms with Crippen LogP contribution >= 0.6 is 15.9 Å². The van der Waals surface area contributed by atoms with Gasteiger partial charge in [0.15, 0.2) is 0 Å². The molecule has 0 saturated carbocycles. The number of hydrogen-bond acceptors (Lipinski definition) is 4. The summed E-state index contributed by atoms with van der Waals surface area (Å²) in [5.74, 6) is 2.07. The van der Waals surface area contributed by atoms with E-state index in [1.807, 2.05) is 6.07 Å². The van der Waals surface area contributed by atoms with E-state index in [4.69, 9.17) is 4.74 Å². The summed E-state index contributed by atoms with van der Waals surface area (Å²) in [5, 5.41) is 3.41. The van der Waals surface area contributed by atoms with Gasteiger partial charge in [0.1, 0.15) is 16.2 Å². The maximum absolute atomic E-state index is 5.44. The van der Waals surface area contributed by atoms with Crippen LogP contribution in [0.15, 0.2) is 10.7 Å². The SMILES string of the molecule is CC(C)c1nc(Br)cc(NC2CCCOC2)n1. The number of anilines is 1. The normalized spacial score (nSPS) is 20.6. The predicted octanol–water partition coefficient (Wildman–Crippen LogP) is 2.95. The van der Waals surface area contributed by atoms with Crippen molar-refractivity contribution in [2.24, 2.45) is 0 Å². The highest BCUT2D eigenvalue weighted by atomic mass is 79.9. The fourth-order valence-electron chi connectivity index (χ4n) is 1.83. The van der Waals surface area contributed by atoms with E-state index in [1.54, 1.807) is 0 Å². The van der Waals surface area contributed by atoms with Gasteiger partial charge >= 0.3 is 0 Å². The molecule has 1 atom stereocenters. The highest BCUT2D eigenvalue weighted by Gasteiger charge is 2.15. The van der Waals surface area contributed by atoms with E-state index >= 15 is 0 Å². The maximum Gasteiger partial charge on any atom is 0.134 e. The minimum absolute atomic E-state index is 0.329. The summed E-state index contributed by atoms with van der Waals surface area (Å²) in [6.07, 6.45) is 2.25. The van der Waals surface area contributed by atoms with Crippen molar-refractivity contribution in [1.82, 2.24) is 9.97 Å².